The third kappa shape index (κ3) is 3.25. The lowest BCUT2D eigenvalue weighted by Gasteiger charge is -2.63. The molecule has 1 aromatic heterocycles. The molecule has 7 rings (SSSR count). The van der Waals surface area contributed by atoms with Gasteiger partial charge in [-0.05, 0) is 89.4 Å². The van der Waals surface area contributed by atoms with Crippen LogP contribution in [-0.4, -0.2) is 77.5 Å². The van der Waals surface area contributed by atoms with Gasteiger partial charge in [-0.3, -0.25) is 4.79 Å². The number of aromatic nitrogens is 2. The first-order chi connectivity index (χ1) is 20.1. The predicted octanol–water partition coefficient (Wildman–Crippen LogP) is 3.60. The SMILES string of the molecule is C=C1OC([C@](C)(O)[C@]2(O)CC[C@@]3(O)C4C[C@H]5O[C@]56[C@@H](OC(=O)n5ccnc5)C=CC(=O)[C@]6(C)C4CC[C@]23C)CC(C)=C1C. The van der Waals surface area contributed by atoms with Gasteiger partial charge >= 0.3 is 6.09 Å². The molecule has 0 aromatic carbocycles. The Morgan fingerprint density at radius 3 is 2.63 bits per heavy atom. The van der Waals surface area contributed by atoms with E-state index in [1.54, 1.807) is 13.0 Å². The van der Waals surface area contributed by atoms with Crippen molar-refractivity contribution in [3.63, 3.8) is 0 Å². The molecule has 11 atom stereocenters. The van der Waals surface area contributed by atoms with Crippen LogP contribution in [0.25, 0.3) is 0 Å². The van der Waals surface area contributed by atoms with Crippen LogP contribution >= 0.6 is 0 Å². The lowest BCUT2D eigenvalue weighted by Crippen LogP contribution is -2.73. The number of aliphatic hydroxyl groups is 3. The molecule has 4 fully saturated rings. The van der Waals surface area contributed by atoms with E-state index in [2.05, 4.69) is 11.6 Å². The van der Waals surface area contributed by atoms with Crippen molar-refractivity contribution in [3.8, 4) is 0 Å². The first-order valence-electron chi connectivity index (χ1n) is 15.4. The summed E-state index contributed by atoms with van der Waals surface area (Å²) < 4.78 is 19.7. The van der Waals surface area contributed by atoms with E-state index in [0.717, 1.165) is 11.1 Å². The van der Waals surface area contributed by atoms with Crippen molar-refractivity contribution in [2.24, 2.45) is 22.7 Å². The van der Waals surface area contributed by atoms with E-state index in [-0.39, 0.29) is 30.5 Å². The quantitative estimate of drug-likeness (QED) is 0.447. The maximum Gasteiger partial charge on any atom is 0.419 e. The molecule has 232 valence electrons. The first-order valence-corrected chi connectivity index (χ1v) is 15.4. The molecule has 0 bridgehead atoms. The summed E-state index contributed by atoms with van der Waals surface area (Å²) in [5.74, 6) is -0.302. The molecule has 43 heavy (non-hydrogen) atoms. The van der Waals surface area contributed by atoms with Crippen LogP contribution in [0.4, 0.5) is 4.79 Å². The molecule has 1 spiro atoms. The maximum atomic E-state index is 13.8. The predicted molar refractivity (Wildman–Crippen MR) is 153 cm³/mol. The van der Waals surface area contributed by atoms with Crippen molar-refractivity contribution in [2.75, 3.05) is 0 Å². The fourth-order valence-corrected chi connectivity index (χ4v) is 10.2. The lowest BCUT2D eigenvalue weighted by atomic mass is 9.42. The second kappa shape index (κ2) is 8.68. The van der Waals surface area contributed by atoms with Crippen molar-refractivity contribution >= 4 is 11.9 Å². The fourth-order valence-electron chi connectivity index (χ4n) is 10.2. The van der Waals surface area contributed by atoms with E-state index in [1.165, 1.54) is 29.4 Å². The minimum absolute atomic E-state index is 0.112. The normalized spacial score (nSPS) is 48.0. The standard InChI is InChI=1S/C33H42N2O8/c1-18-15-25(41-20(3)19(18)2)30(6,38)32(40)12-11-31(39)22-16-26-33(43-26)24(42-27(37)35-14-13-34-17-35)8-7-23(36)29(33,5)21(22)9-10-28(31,32)4/h7-8,13-14,17,21-22,24-26,38-40H,3,9-12,15-16H2,1-2,4-6H3/t21?,22?,24-,25?,26+,28-,29-,30-,31+,32-,33+/m0/s1. The molecule has 3 unspecified atom stereocenters. The van der Waals surface area contributed by atoms with Crippen LogP contribution in [0.15, 0.2) is 54.4 Å². The number of hydrogen-bond acceptors (Lipinski definition) is 9. The van der Waals surface area contributed by atoms with E-state index in [1.807, 2.05) is 27.7 Å². The van der Waals surface area contributed by atoms with Crippen LogP contribution in [0.2, 0.25) is 0 Å². The zero-order chi connectivity index (χ0) is 31.0. The van der Waals surface area contributed by atoms with E-state index >= 15 is 0 Å². The summed E-state index contributed by atoms with van der Waals surface area (Å²) in [6.07, 6.45) is 7.13. The summed E-state index contributed by atoms with van der Waals surface area (Å²) in [5.41, 5.74) is -5.94. The zero-order valence-corrected chi connectivity index (χ0v) is 25.5. The zero-order valence-electron chi connectivity index (χ0n) is 25.5. The fraction of sp³-hybridized carbons (Fsp3) is 0.667. The molecule has 3 saturated carbocycles. The van der Waals surface area contributed by atoms with Gasteiger partial charge in [-0.15, -0.1) is 0 Å². The van der Waals surface area contributed by atoms with E-state index in [0.29, 0.717) is 31.4 Å². The molecule has 0 radical (unpaired) electrons. The van der Waals surface area contributed by atoms with Crippen LogP contribution in [0, 0.1) is 22.7 Å². The van der Waals surface area contributed by atoms with Crippen molar-refractivity contribution < 1.29 is 39.1 Å². The number of ether oxygens (including phenoxy) is 3. The van der Waals surface area contributed by atoms with Crippen LogP contribution in [0.3, 0.4) is 0 Å². The number of nitrogens with zero attached hydrogens (tertiary/aromatic N) is 2. The van der Waals surface area contributed by atoms with Gasteiger partial charge in [-0.1, -0.05) is 19.1 Å². The minimum Gasteiger partial charge on any atom is -0.487 e. The van der Waals surface area contributed by atoms with Crippen molar-refractivity contribution in [2.45, 2.75) is 114 Å². The van der Waals surface area contributed by atoms with Gasteiger partial charge < -0.3 is 29.5 Å². The average molecular weight is 595 g/mol. The highest BCUT2D eigenvalue weighted by molar-refractivity contribution is 5.98. The Balaban J connectivity index is 1.22. The van der Waals surface area contributed by atoms with Crippen molar-refractivity contribution in [1.29, 1.82) is 0 Å². The molecular formula is C33H42N2O8. The molecule has 10 nitrogen and oxygen atoms in total. The van der Waals surface area contributed by atoms with Gasteiger partial charge in [0.05, 0.1) is 17.1 Å². The minimum atomic E-state index is -1.70. The third-order valence-corrected chi connectivity index (χ3v) is 13.2. The Kier molecular flexibility index (Phi) is 5.84. The maximum absolute atomic E-state index is 13.8. The van der Waals surface area contributed by atoms with Gasteiger partial charge in [0.1, 0.15) is 35.0 Å². The van der Waals surface area contributed by atoms with Gasteiger partial charge in [-0.25, -0.2) is 14.3 Å². The molecule has 1 saturated heterocycles. The highest BCUT2D eigenvalue weighted by Gasteiger charge is 2.85. The van der Waals surface area contributed by atoms with Crippen LogP contribution in [0.5, 0.6) is 0 Å². The lowest BCUT2D eigenvalue weighted by molar-refractivity contribution is -0.282. The van der Waals surface area contributed by atoms with Gasteiger partial charge in [0.15, 0.2) is 11.9 Å². The number of ketones is 1. The highest BCUT2D eigenvalue weighted by atomic mass is 16.7. The molecule has 4 aliphatic carbocycles. The van der Waals surface area contributed by atoms with Gasteiger partial charge in [0.25, 0.3) is 0 Å². The summed E-state index contributed by atoms with van der Waals surface area (Å²) in [6, 6.07) is 0. The number of hydrogen-bond donors (Lipinski definition) is 3. The number of rotatable bonds is 3. The van der Waals surface area contributed by atoms with Gasteiger partial charge in [0.2, 0.25) is 0 Å². The van der Waals surface area contributed by atoms with E-state index < -0.39 is 57.6 Å². The summed E-state index contributed by atoms with van der Waals surface area (Å²) in [6.45, 7) is 13.3. The summed E-state index contributed by atoms with van der Waals surface area (Å²) in [4.78, 5) is 30.6. The van der Waals surface area contributed by atoms with Crippen LogP contribution < -0.4 is 0 Å². The number of allylic oxidation sites excluding steroid dienone is 2. The Morgan fingerprint density at radius 1 is 1.21 bits per heavy atom. The monoisotopic (exact) mass is 594 g/mol. The summed E-state index contributed by atoms with van der Waals surface area (Å²) in [7, 11) is 0. The molecular weight excluding hydrogens is 552 g/mol. The smallest absolute Gasteiger partial charge is 0.419 e. The highest BCUT2D eigenvalue weighted by Crippen LogP contribution is 2.75. The number of carbonyl (C=O) groups excluding carboxylic acids is 2. The Hall–Kier alpha value is -2.79. The second-order valence-electron chi connectivity index (χ2n) is 14.5. The van der Waals surface area contributed by atoms with Crippen LogP contribution in [-0.2, 0) is 19.0 Å². The molecule has 2 aliphatic heterocycles. The largest absolute Gasteiger partial charge is 0.487 e. The van der Waals surface area contributed by atoms with Gasteiger partial charge in [-0.2, -0.15) is 0 Å². The van der Waals surface area contributed by atoms with Crippen LogP contribution in [0.1, 0.15) is 73.1 Å². The van der Waals surface area contributed by atoms with Gasteiger partial charge in [0, 0.05) is 24.2 Å². The number of carbonyl (C=O) groups is 2. The molecule has 3 N–H and O–H groups in total. The topological polar surface area (TPSA) is 144 Å². The molecule has 6 aliphatic rings. The summed E-state index contributed by atoms with van der Waals surface area (Å²) >= 11 is 0. The second-order valence-corrected chi connectivity index (χ2v) is 14.5. The molecule has 10 heteroatoms. The Labute approximate surface area is 251 Å². The Bertz CT molecular complexity index is 1480. The molecule has 1 aromatic rings. The molecule has 0 amide bonds. The Morgan fingerprint density at radius 2 is 1.95 bits per heavy atom. The van der Waals surface area contributed by atoms with Crippen molar-refractivity contribution in [1.82, 2.24) is 9.55 Å². The number of epoxide rings is 1. The number of imidazole rings is 1. The number of fused-ring (bicyclic) bond motifs is 4. The van der Waals surface area contributed by atoms with E-state index in [9.17, 15) is 24.9 Å². The molecule has 3 heterocycles. The van der Waals surface area contributed by atoms with Crippen molar-refractivity contribution in [3.05, 3.63) is 54.4 Å². The summed E-state index contributed by atoms with van der Waals surface area (Å²) in [5, 5.41) is 37.5. The van der Waals surface area contributed by atoms with E-state index in [4.69, 9.17) is 14.2 Å². The third-order valence-electron chi connectivity index (χ3n) is 13.2. The first kappa shape index (κ1) is 29.0. The average Bonchev–Trinajstić information content (AvgIpc) is 3.33.